The number of phenolic OH excluding ortho intramolecular Hbond substituents is 1. The number of aromatic hydroxyl groups is 1. The largest absolute Gasteiger partial charge is 0.508 e. The molecule has 0 aromatic heterocycles. The maximum Gasteiger partial charge on any atom is 0.343 e. The van der Waals surface area contributed by atoms with Crippen molar-refractivity contribution in [3.63, 3.8) is 0 Å². The van der Waals surface area contributed by atoms with Crippen LogP contribution < -0.4 is 4.74 Å². The van der Waals surface area contributed by atoms with E-state index in [-0.39, 0.29) is 17.1 Å². The maximum atomic E-state index is 12.9. The minimum Gasteiger partial charge on any atom is -0.508 e. The highest BCUT2D eigenvalue weighted by Gasteiger charge is 2.09. The summed E-state index contributed by atoms with van der Waals surface area (Å²) in [4.78, 5) is 11.6. The second kappa shape index (κ2) is 4.65. The topological polar surface area (TPSA) is 46.5 Å². The van der Waals surface area contributed by atoms with Crippen LogP contribution in [0.2, 0.25) is 0 Å². The van der Waals surface area contributed by atoms with Gasteiger partial charge in [0, 0.05) is 6.07 Å². The summed E-state index contributed by atoms with van der Waals surface area (Å²) in [5.74, 6) is -1.03. The van der Waals surface area contributed by atoms with Gasteiger partial charge in [-0.15, -0.1) is 0 Å². The fraction of sp³-hybridized carbons (Fsp3) is 0. The van der Waals surface area contributed by atoms with Gasteiger partial charge in [-0.25, -0.2) is 9.18 Å². The summed E-state index contributed by atoms with van der Waals surface area (Å²) in [7, 11) is 0. The molecule has 0 bridgehead atoms. The van der Waals surface area contributed by atoms with E-state index < -0.39 is 11.8 Å². The molecule has 4 heteroatoms. The Morgan fingerprint density at radius 3 is 2.59 bits per heavy atom. The van der Waals surface area contributed by atoms with E-state index in [9.17, 15) is 14.3 Å². The number of hydrogen-bond acceptors (Lipinski definition) is 3. The minimum atomic E-state index is -0.647. The van der Waals surface area contributed by atoms with Gasteiger partial charge in [-0.2, -0.15) is 0 Å². The Hall–Kier alpha value is -2.36. The number of ether oxygens (including phenoxy) is 1. The van der Waals surface area contributed by atoms with Gasteiger partial charge in [0.1, 0.15) is 17.3 Å². The first kappa shape index (κ1) is 11.1. The summed E-state index contributed by atoms with van der Waals surface area (Å²) in [5, 5.41) is 9.20. The summed E-state index contributed by atoms with van der Waals surface area (Å²) in [5.41, 5.74) is 0.203. The van der Waals surface area contributed by atoms with Crippen molar-refractivity contribution in [2.24, 2.45) is 0 Å². The summed E-state index contributed by atoms with van der Waals surface area (Å²) >= 11 is 0. The molecule has 17 heavy (non-hydrogen) atoms. The van der Waals surface area contributed by atoms with Gasteiger partial charge in [-0.3, -0.25) is 0 Å². The lowest BCUT2D eigenvalue weighted by atomic mass is 10.2. The molecule has 0 spiro atoms. The third-order valence-corrected chi connectivity index (χ3v) is 2.09. The van der Waals surface area contributed by atoms with Crippen LogP contribution in [0.5, 0.6) is 11.5 Å². The fourth-order valence-corrected chi connectivity index (χ4v) is 1.33. The molecular weight excluding hydrogens is 223 g/mol. The first-order valence-electron chi connectivity index (χ1n) is 4.92. The maximum absolute atomic E-state index is 12.9. The molecule has 2 rings (SSSR count). The van der Waals surface area contributed by atoms with Crippen LogP contribution >= 0.6 is 0 Å². The van der Waals surface area contributed by atoms with E-state index in [1.54, 1.807) is 0 Å². The number of hydrogen-bond donors (Lipinski definition) is 1. The molecule has 0 aliphatic rings. The van der Waals surface area contributed by atoms with Crippen LogP contribution in [-0.2, 0) is 0 Å². The first-order valence-corrected chi connectivity index (χ1v) is 4.92. The SMILES string of the molecule is O=C(Oc1cccc(F)c1)c1cccc(O)c1. The Kier molecular flexibility index (Phi) is 3.05. The first-order chi connectivity index (χ1) is 8.15. The van der Waals surface area contributed by atoms with Gasteiger partial charge in [-0.1, -0.05) is 12.1 Å². The molecule has 0 amide bonds. The minimum absolute atomic E-state index is 0.0290. The highest BCUT2D eigenvalue weighted by atomic mass is 19.1. The standard InChI is InChI=1S/C13H9FO3/c14-10-4-2-6-12(8-10)17-13(16)9-3-1-5-11(15)7-9/h1-8,15H. The predicted octanol–water partition coefficient (Wildman–Crippen LogP) is 2.75. The second-order valence-corrected chi connectivity index (χ2v) is 3.40. The summed E-state index contributed by atoms with van der Waals surface area (Å²) in [6.45, 7) is 0. The van der Waals surface area contributed by atoms with Crippen molar-refractivity contribution in [1.82, 2.24) is 0 Å². The second-order valence-electron chi connectivity index (χ2n) is 3.40. The normalized spacial score (nSPS) is 9.94. The Morgan fingerprint density at radius 1 is 1.12 bits per heavy atom. The molecule has 0 aliphatic carbocycles. The predicted molar refractivity (Wildman–Crippen MR) is 59.5 cm³/mol. The number of halogens is 1. The zero-order chi connectivity index (χ0) is 12.3. The molecule has 2 aromatic rings. The van der Waals surface area contributed by atoms with Crippen LogP contribution in [-0.4, -0.2) is 11.1 Å². The van der Waals surface area contributed by atoms with Crippen molar-refractivity contribution in [1.29, 1.82) is 0 Å². The van der Waals surface area contributed by atoms with Gasteiger partial charge in [0.15, 0.2) is 0 Å². The molecule has 0 aliphatic heterocycles. The van der Waals surface area contributed by atoms with E-state index in [2.05, 4.69) is 0 Å². The van der Waals surface area contributed by atoms with Gasteiger partial charge in [0.2, 0.25) is 0 Å². The van der Waals surface area contributed by atoms with Crippen molar-refractivity contribution in [2.75, 3.05) is 0 Å². The molecule has 0 heterocycles. The number of rotatable bonds is 2. The van der Waals surface area contributed by atoms with Crippen LogP contribution in [0.4, 0.5) is 4.39 Å². The van der Waals surface area contributed by atoms with Gasteiger partial charge >= 0.3 is 5.97 Å². The van der Waals surface area contributed by atoms with Gasteiger partial charge in [-0.05, 0) is 30.3 Å². The van der Waals surface area contributed by atoms with E-state index in [1.165, 1.54) is 42.5 Å². The van der Waals surface area contributed by atoms with Crippen LogP contribution in [0.15, 0.2) is 48.5 Å². The highest BCUT2D eigenvalue weighted by Crippen LogP contribution is 2.16. The number of esters is 1. The Bertz CT molecular complexity index is 552. The average molecular weight is 232 g/mol. The summed E-state index contributed by atoms with van der Waals surface area (Å²) < 4.78 is 17.8. The zero-order valence-electron chi connectivity index (χ0n) is 8.76. The zero-order valence-corrected chi connectivity index (χ0v) is 8.76. The smallest absolute Gasteiger partial charge is 0.343 e. The molecule has 1 N–H and O–H groups in total. The van der Waals surface area contributed by atoms with E-state index in [1.807, 2.05) is 0 Å². The number of carbonyl (C=O) groups excluding carboxylic acids is 1. The van der Waals surface area contributed by atoms with E-state index in [0.717, 1.165) is 6.07 Å². The third kappa shape index (κ3) is 2.81. The molecule has 0 atom stereocenters. The van der Waals surface area contributed by atoms with E-state index >= 15 is 0 Å². The van der Waals surface area contributed by atoms with Crippen molar-refractivity contribution >= 4 is 5.97 Å². The highest BCUT2D eigenvalue weighted by molar-refractivity contribution is 5.91. The van der Waals surface area contributed by atoms with E-state index in [4.69, 9.17) is 4.74 Å². The lowest BCUT2D eigenvalue weighted by Gasteiger charge is -2.04. The van der Waals surface area contributed by atoms with Crippen molar-refractivity contribution in [2.45, 2.75) is 0 Å². The van der Waals surface area contributed by atoms with Crippen LogP contribution in [0.25, 0.3) is 0 Å². The van der Waals surface area contributed by atoms with Crippen LogP contribution in [0.3, 0.4) is 0 Å². The van der Waals surface area contributed by atoms with Crippen LogP contribution in [0, 0.1) is 5.82 Å². The monoisotopic (exact) mass is 232 g/mol. The fourth-order valence-electron chi connectivity index (χ4n) is 1.33. The molecule has 0 saturated heterocycles. The van der Waals surface area contributed by atoms with Crippen molar-refractivity contribution in [3.05, 3.63) is 59.9 Å². The van der Waals surface area contributed by atoms with E-state index in [0.29, 0.717) is 0 Å². The third-order valence-electron chi connectivity index (χ3n) is 2.09. The van der Waals surface area contributed by atoms with Crippen molar-refractivity contribution < 1.29 is 19.0 Å². The van der Waals surface area contributed by atoms with Crippen molar-refractivity contribution in [3.8, 4) is 11.5 Å². The number of benzene rings is 2. The van der Waals surface area contributed by atoms with Gasteiger partial charge in [0.05, 0.1) is 5.56 Å². The molecule has 86 valence electrons. The molecule has 0 radical (unpaired) electrons. The molecular formula is C13H9FO3. The molecule has 3 nitrogen and oxygen atoms in total. The average Bonchev–Trinajstić information content (AvgIpc) is 2.29. The Labute approximate surface area is 97.1 Å². The lowest BCUT2D eigenvalue weighted by molar-refractivity contribution is 0.0734. The Balaban J connectivity index is 2.17. The van der Waals surface area contributed by atoms with Crippen LogP contribution in [0.1, 0.15) is 10.4 Å². The van der Waals surface area contributed by atoms with Gasteiger partial charge < -0.3 is 9.84 Å². The lowest BCUT2D eigenvalue weighted by Crippen LogP contribution is -2.08. The summed E-state index contributed by atoms with van der Waals surface area (Å²) in [6, 6.07) is 11.0. The molecule has 0 fully saturated rings. The molecule has 2 aromatic carbocycles. The molecule has 0 saturated carbocycles. The number of carbonyl (C=O) groups is 1. The number of phenols is 1. The quantitative estimate of drug-likeness (QED) is 0.639. The Morgan fingerprint density at radius 2 is 1.88 bits per heavy atom. The summed E-state index contributed by atoms with van der Waals surface area (Å²) in [6.07, 6.45) is 0. The van der Waals surface area contributed by atoms with Gasteiger partial charge in [0.25, 0.3) is 0 Å². The molecule has 0 unspecified atom stereocenters.